The minimum atomic E-state index is 0.458. The first-order valence-electron chi connectivity index (χ1n) is 3.67. The van der Waals surface area contributed by atoms with Crippen LogP contribution in [0, 0.1) is 5.41 Å². The van der Waals surface area contributed by atoms with Crippen LogP contribution < -0.4 is 0 Å². The van der Waals surface area contributed by atoms with Gasteiger partial charge >= 0.3 is 0 Å². The molecule has 1 unspecified atom stereocenters. The predicted molar refractivity (Wildman–Crippen MR) is 46.6 cm³/mol. The smallest absolute Gasteiger partial charge is 0.0595 e. The van der Waals surface area contributed by atoms with E-state index in [2.05, 4.69) is 17.5 Å². The Balaban J connectivity index is 2.32. The van der Waals surface area contributed by atoms with Crippen LogP contribution >= 0.6 is 11.9 Å². The molecule has 1 aliphatic heterocycles. The molecule has 0 aromatic carbocycles. The molecule has 1 atom stereocenters. The van der Waals surface area contributed by atoms with Crippen molar-refractivity contribution in [2.24, 2.45) is 0 Å². The van der Waals surface area contributed by atoms with E-state index in [1.54, 1.807) is 11.9 Å². The molecule has 1 heterocycles. The summed E-state index contributed by atoms with van der Waals surface area (Å²) in [5, 5.41) is 7.47. The third-order valence-electron chi connectivity index (χ3n) is 1.87. The van der Waals surface area contributed by atoms with Crippen LogP contribution in [0.3, 0.4) is 0 Å². The van der Waals surface area contributed by atoms with Crippen LogP contribution in [-0.2, 0) is 0 Å². The lowest BCUT2D eigenvalue weighted by atomic mass is 10.00. The van der Waals surface area contributed by atoms with E-state index in [1.807, 2.05) is 0 Å². The molecule has 0 aromatic rings. The molecule has 1 N–H and O–H groups in total. The summed E-state index contributed by atoms with van der Waals surface area (Å²) < 4.78 is 2.27. The molecule has 10 heavy (non-hydrogen) atoms. The van der Waals surface area contributed by atoms with E-state index < -0.39 is 0 Å². The largest absolute Gasteiger partial charge is 0.307 e. The van der Waals surface area contributed by atoms with Crippen molar-refractivity contribution in [2.75, 3.05) is 12.8 Å². The van der Waals surface area contributed by atoms with Crippen molar-refractivity contribution < 1.29 is 0 Å². The van der Waals surface area contributed by atoms with E-state index in [0.29, 0.717) is 6.04 Å². The maximum absolute atomic E-state index is 7.47. The van der Waals surface area contributed by atoms with Crippen molar-refractivity contribution in [1.29, 1.82) is 5.41 Å². The first-order valence-corrected chi connectivity index (χ1v) is 4.85. The average Bonchev–Trinajstić information content (AvgIpc) is 1.95. The fourth-order valence-corrected chi connectivity index (χ4v) is 1.98. The second-order valence-corrected chi connectivity index (χ2v) is 3.42. The van der Waals surface area contributed by atoms with E-state index in [-0.39, 0.29) is 0 Å². The second-order valence-electron chi connectivity index (χ2n) is 2.59. The lowest BCUT2D eigenvalue weighted by Crippen LogP contribution is -2.52. The summed E-state index contributed by atoms with van der Waals surface area (Å²) in [7, 11) is 0. The molecule has 1 fully saturated rings. The Bertz CT molecular complexity index is 136. The standard InChI is InChI=1S/C7H14N2S/c1-3-4-7-6(8)5-9(7)10-2/h7-8H,3-5H2,1-2H3. The highest BCUT2D eigenvalue weighted by Crippen LogP contribution is 2.24. The predicted octanol–water partition coefficient (Wildman–Crippen LogP) is 1.77. The molecular weight excluding hydrogens is 144 g/mol. The molecule has 0 aliphatic carbocycles. The molecule has 1 rings (SSSR count). The first kappa shape index (κ1) is 8.08. The molecule has 0 spiro atoms. The molecule has 3 heteroatoms. The third kappa shape index (κ3) is 1.35. The van der Waals surface area contributed by atoms with Crippen LogP contribution in [0.4, 0.5) is 0 Å². The summed E-state index contributed by atoms with van der Waals surface area (Å²) in [5.74, 6) is 0. The maximum atomic E-state index is 7.47. The van der Waals surface area contributed by atoms with Crippen LogP contribution in [0.1, 0.15) is 19.8 Å². The Kier molecular flexibility index (Phi) is 2.74. The van der Waals surface area contributed by atoms with Gasteiger partial charge in [0, 0.05) is 12.3 Å². The topological polar surface area (TPSA) is 27.1 Å². The molecule has 1 saturated heterocycles. The Morgan fingerprint density at radius 2 is 2.50 bits per heavy atom. The highest BCUT2D eigenvalue weighted by Gasteiger charge is 2.32. The molecule has 0 saturated carbocycles. The zero-order valence-corrected chi connectivity index (χ0v) is 7.37. The van der Waals surface area contributed by atoms with E-state index in [4.69, 9.17) is 5.41 Å². The summed E-state index contributed by atoms with van der Waals surface area (Å²) in [4.78, 5) is 0. The molecule has 0 radical (unpaired) electrons. The Hall–Kier alpha value is -0.0200. The van der Waals surface area contributed by atoms with Crippen LogP contribution in [0.15, 0.2) is 0 Å². The minimum absolute atomic E-state index is 0.458. The van der Waals surface area contributed by atoms with E-state index in [9.17, 15) is 0 Å². The SMILES string of the molecule is CCCC1C(=N)CN1SC. The van der Waals surface area contributed by atoms with Gasteiger partial charge in [-0.15, -0.1) is 0 Å². The molecule has 0 bridgehead atoms. The van der Waals surface area contributed by atoms with Crippen molar-refractivity contribution in [1.82, 2.24) is 4.31 Å². The zero-order valence-electron chi connectivity index (χ0n) is 6.55. The van der Waals surface area contributed by atoms with Gasteiger partial charge in [-0.1, -0.05) is 25.3 Å². The average molecular weight is 158 g/mol. The van der Waals surface area contributed by atoms with Gasteiger partial charge in [-0.2, -0.15) is 0 Å². The molecule has 58 valence electrons. The lowest BCUT2D eigenvalue weighted by Gasteiger charge is -2.39. The van der Waals surface area contributed by atoms with Crippen molar-refractivity contribution in [3.63, 3.8) is 0 Å². The number of hydrogen-bond acceptors (Lipinski definition) is 3. The summed E-state index contributed by atoms with van der Waals surface area (Å²) in [6, 6.07) is 0.458. The normalized spacial score (nSPS) is 26.6. The molecule has 1 aliphatic rings. The van der Waals surface area contributed by atoms with Gasteiger partial charge in [0.15, 0.2) is 0 Å². The summed E-state index contributed by atoms with van der Waals surface area (Å²) in [5.41, 5.74) is 0.913. The van der Waals surface area contributed by atoms with Gasteiger partial charge in [0.1, 0.15) is 0 Å². The second kappa shape index (κ2) is 3.39. The number of rotatable bonds is 3. The number of hydrogen-bond donors (Lipinski definition) is 1. The molecular formula is C7H14N2S. The highest BCUT2D eigenvalue weighted by molar-refractivity contribution is 7.96. The molecule has 0 amide bonds. The maximum Gasteiger partial charge on any atom is 0.0595 e. The van der Waals surface area contributed by atoms with E-state index in [0.717, 1.165) is 18.7 Å². The van der Waals surface area contributed by atoms with Gasteiger partial charge in [-0.3, -0.25) is 0 Å². The lowest BCUT2D eigenvalue weighted by molar-refractivity contribution is 0.375. The first-order chi connectivity index (χ1) is 4.79. The van der Waals surface area contributed by atoms with Crippen molar-refractivity contribution in [3.8, 4) is 0 Å². The number of nitrogens with one attached hydrogen (secondary N) is 1. The Labute approximate surface area is 66.6 Å². The van der Waals surface area contributed by atoms with Crippen LogP contribution in [0.5, 0.6) is 0 Å². The quantitative estimate of drug-likeness (QED) is 0.634. The third-order valence-corrected chi connectivity index (χ3v) is 2.73. The van der Waals surface area contributed by atoms with E-state index in [1.165, 1.54) is 6.42 Å². The van der Waals surface area contributed by atoms with Gasteiger partial charge in [0.25, 0.3) is 0 Å². The van der Waals surface area contributed by atoms with Gasteiger partial charge in [-0.05, 0) is 12.7 Å². The van der Waals surface area contributed by atoms with Crippen LogP contribution in [-0.4, -0.2) is 28.9 Å². The fraction of sp³-hybridized carbons (Fsp3) is 0.857. The Morgan fingerprint density at radius 3 is 2.90 bits per heavy atom. The van der Waals surface area contributed by atoms with Gasteiger partial charge in [-0.25, -0.2) is 4.31 Å². The highest BCUT2D eigenvalue weighted by atomic mass is 32.2. The minimum Gasteiger partial charge on any atom is -0.307 e. The van der Waals surface area contributed by atoms with Crippen LogP contribution in [0.25, 0.3) is 0 Å². The van der Waals surface area contributed by atoms with Crippen molar-refractivity contribution in [3.05, 3.63) is 0 Å². The van der Waals surface area contributed by atoms with E-state index >= 15 is 0 Å². The van der Waals surface area contributed by atoms with Gasteiger partial charge in [0.05, 0.1) is 6.04 Å². The fourth-order valence-electron chi connectivity index (χ4n) is 1.23. The molecule has 2 nitrogen and oxygen atoms in total. The molecule has 0 aromatic heterocycles. The number of nitrogens with zero attached hydrogens (tertiary/aromatic N) is 1. The van der Waals surface area contributed by atoms with Crippen molar-refractivity contribution >= 4 is 17.7 Å². The van der Waals surface area contributed by atoms with Crippen LogP contribution in [0.2, 0.25) is 0 Å². The van der Waals surface area contributed by atoms with Gasteiger partial charge < -0.3 is 5.41 Å². The van der Waals surface area contributed by atoms with Gasteiger partial charge in [0.2, 0.25) is 0 Å². The summed E-state index contributed by atoms with van der Waals surface area (Å²) >= 11 is 1.76. The zero-order chi connectivity index (χ0) is 7.56. The van der Waals surface area contributed by atoms with Crippen molar-refractivity contribution in [2.45, 2.75) is 25.8 Å². The summed E-state index contributed by atoms with van der Waals surface area (Å²) in [6.45, 7) is 3.05. The Morgan fingerprint density at radius 1 is 1.80 bits per heavy atom. The monoisotopic (exact) mass is 158 g/mol. The summed E-state index contributed by atoms with van der Waals surface area (Å²) in [6.07, 6.45) is 4.42.